The lowest BCUT2D eigenvalue weighted by atomic mass is 9.87. The molecule has 0 aliphatic carbocycles. The molecule has 2 aromatic rings. The molecule has 1 aliphatic heterocycles. The first-order chi connectivity index (χ1) is 12.2. The van der Waals surface area contributed by atoms with Gasteiger partial charge in [-0.1, -0.05) is 32.9 Å². The topological polar surface area (TPSA) is 49.4 Å². The van der Waals surface area contributed by atoms with Gasteiger partial charge in [0.2, 0.25) is 11.8 Å². The zero-order valence-electron chi connectivity index (χ0n) is 15.3. The van der Waals surface area contributed by atoms with Crippen molar-refractivity contribution in [1.82, 2.24) is 0 Å². The molecule has 0 spiro atoms. The van der Waals surface area contributed by atoms with E-state index in [-0.39, 0.29) is 29.5 Å². The highest BCUT2D eigenvalue weighted by Crippen LogP contribution is 2.27. The molecule has 1 fully saturated rings. The van der Waals surface area contributed by atoms with Crippen LogP contribution < -0.4 is 10.2 Å². The Morgan fingerprint density at radius 1 is 1.08 bits per heavy atom. The minimum absolute atomic E-state index is 0.0517. The van der Waals surface area contributed by atoms with E-state index in [1.807, 2.05) is 24.3 Å². The van der Waals surface area contributed by atoms with Crippen LogP contribution in [0, 0.1) is 11.7 Å². The molecule has 1 aliphatic rings. The Balaban J connectivity index is 1.65. The van der Waals surface area contributed by atoms with E-state index in [1.165, 1.54) is 22.6 Å². The van der Waals surface area contributed by atoms with Crippen LogP contribution in [-0.4, -0.2) is 18.4 Å². The van der Waals surface area contributed by atoms with Crippen molar-refractivity contribution >= 4 is 23.2 Å². The van der Waals surface area contributed by atoms with Gasteiger partial charge in [0.05, 0.1) is 5.92 Å². The van der Waals surface area contributed by atoms with Crippen LogP contribution in [0.15, 0.2) is 48.5 Å². The van der Waals surface area contributed by atoms with Crippen molar-refractivity contribution in [2.75, 3.05) is 16.8 Å². The Bertz CT molecular complexity index is 807. The van der Waals surface area contributed by atoms with E-state index in [1.54, 1.807) is 12.1 Å². The average molecular weight is 354 g/mol. The Hall–Kier alpha value is -2.69. The maximum absolute atomic E-state index is 13.1. The minimum atomic E-state index is -0.421. The van der Waals surface area contributed by atoms with Crippen molar-refractivity contribution in [3.05, 3.63) is 59.9 Å². The quantitative estimate of drug-likeness (QED) is 0.902. The fraction of sp³-hybridized carbons (Fsp3) is 0.333. The van der Waals surface area contributed by atoms with Crippen LogP contribution in [-0.2, 0) is 15.0 Å². The van der Waals surface area contributed by atoms with Gasteiger partial charge in [-0.25, -0.2) is 4.39 Å². The second-order valence-corrected chi connectivity index (χ2v) is 7.70. The van der Waals surface area contributed by atoms with Gasteiger partial charge >= 0.3 is 0 Å². The van der Waals surface area contributed by atoms with Crippen molar-refractivity contribution in [1.29, 1.82) is 0 Å². The summed E-state index contributed by atoms with van der Waals surface area (Å²) in [5.74, 6) is -1.07. The molecule has 0 radical (unpaired) electrons. The lowest BCUT2D eigenvalue weighted by Gasteiger charge is -2.19. The van der Waals surface area contributed by atoms with E-state index in [4.69, 9.17) is 0 Å². The first-order valence-corrected chi connectivity index (χ1v) is 8.71. The zero-order valence-corrected chi connectivity index (χ0v) is 15.3. The summed E-state index contributed by atoms with van der Waals surface area (Å²) in [6.07, 6.45) is 0.156. The Morgan fingerprint density at radius 3 is 2.27 bits per heavy atom. The van der Waals surface area contributed by atoms with Gasteiger partial charge in [0.15, 0.2) is 0 Å². The molecule has 3 rings (SSSR count). The van der Waals surface area contributed by atoms with Crippen LogP contribution in [0.5, 0.6) is 0 Å². The molecule has 1 atom stereocenters. The van der Waals surface area contributed by atoms with Gasteiger partial charge < -0.3 is 10.2 Å². The van der Waals surface area contributed by atoms with Crippen molar-refractivity contribution in [3.63, 3.8) is 0 Å². The number of amides is 2. The lowest BCUT2D eigenvalue weighted by Crippen LogP contribution is -2.28. The van der Waals surface area contributed by atoms with Gasteiger partial charge in [0.25, 0.3) is 0 Å². The lowest BCUT2D eigenvalue weighted by molar-refractivity contribution is -0.122. The summed E-state index contributed by atoms with van der Waals surface area (Å²) in [6, 6.07) is 13.5. The molecule has 4 nitrogen and oxygen atoms in total. The Kier molecular flexibility index (Phi) is 4.81. The summed E-state index contributed by atoms with van der Waals surface area (Å²) >= 11 is 0. The molecule has 5 heteroatoms. The van der Waals surface area contributed by atoms with Gasteiger partial charge in [0.1, 0.15) is 5.82 Å². The van der Waals surface area contributed by atoms with Crippen molar-refractivity contribution in [2.45, 2.75) is 32.6 Å². The molecular weight excluding hydrogens is 331 g/mol. The zero-order chi connectivity index (χ0) is 18.9. The smallest absolute Gasteiger partial charge is 0.229 e. The van der Waals surface area contributed by atoms with Crippen LogP contribution in [0.2, 0.25) is 0 Å². The molecule has 1 saturated heterocycles. The van der Waals surface area contributed by atoms with E-state index in [2.05, 4.69) is 26.1 Å². The highest BCUT2D eigenvalue weighted by Gasteiger charge is 2.35. The van der Waals surface area contributed by atoms with Gasteiger partial charge in [-0.2, -0.15) is 0 Å². The number of hydrogen-bond acceptors (Lipinski definition) is 2. The van der Waals surface area contributed by atoms with Crippen LogP contribution in [0.1, 0.15) is 32.8 Å². The molecule has 2 amide bonds. The molecule has 0 saturated carbocycles. The summed E-state index contributed by atoms with van der Waals surface area (Å²) in [7, 11) is 0. The number of nitrogens with one attached hydrogen (secondary N) is 1. The highest BCUT2D eigenvalue weighted by atomic mass is 19.1. The van der Waals surface area contributed by atoms with E-state index in [0.29, 0.717) is 12.2 Å². The third-order valence-corrected chi connectivity index (χ3v) is 4.65. The minimum Gasteiger partial charge on any atom is -0.326 e. The summed E-state index contributed by atoms with van der Waals surface area (Å²) in [5, 5.41) is 2.89. The predicted octanol–water partition coefficient (Wildman–Crippen LogP) is 4.11. The first kappa shape index (κ1) is 18.1. The van der Waals surface area contributed by atoms with Crippen LogP contribution in [0.3, 0.4) is 0 Å². The second kappa shape index (κ2) is 6.90. The second-order valence-electron chi connectivity index (χ2n) is 7.70. The van der Waals surface area contributed by atoms with E-state index >= 15 is 0 Å². The molecular formula is C21H23FN2O2. The number of carbonyl (C=O) groups excluding carboxylic acids is 2. The number of halogens is 1. The number of anilines is 2. The maximum Gasteiger partial charge on any atom is 0.229 e. The largest absolute Gasteiger partial charge is 0.326 e. The molecule has 136 valence electrons. The number of carbonyl (C=O) groups is 2. The summed E-state index contributed by atoms with van der Waals surface area (Å²) in [4.78, 5) is 26.3. The number of hydrogen-bond donors (Lipinski definition) is 1. The first-order valence-electron chi connectivity index (χ1n) is 8.71. The predicted molar refractivity (Wildman–Crippen MR) is 101 cm³/mol. The van der Waals surface area contributed by atoms with Crippen LogP contribution in [0.25, 0.3) is 0 Å². The molecule has 1 heterocycles. The fourth-order valence-corrected chi connectivity index (χ4v) is 3.05. The average Bonchev–Trinajstić information content (AvgIpc) is 2.97. The van der Waals surface area contributed by atoms with Crippen molar-refractivity contribution in [2.24, 2.45) is 5.92 Å². The molecule has 1 N–H and O–H groups in total. The summed E-state index contributed by atoms with van der Waals surface area (Å²) < 4.78 is 13.1. The maximum atomic E-state index is 13.1. The molecule has 2 aromatic carbocycles. The van der Waals surface area contributed by atoms with Gasteiger partial charge in [0, 0.05) is 24.3 Å². The molecule has 0 bridgehead atoms. The molecule has 0 unspecified atom stereocenters. The number of benzene rings is 2. The third kappa shape index (κ3) is 3.93. The highest BCUT2D eigenvalue weighted by molar-refractivity contribution is 6.03. The standard InChI is InChI=1S/C21H23FN2O2/c1-21(2,3)15-4-8-17(9-5-15)23-20(26)14-12-19(25)24(13-14)18-10-6-16(22)7-11-18/h4-11,14H,12-13H2,1-3H3,(H,23,26)/t14-/m1/s1. The van der Waals surface area contributed by atoms with Crippen molar-refractivity contribution in [3.8, 4) is 0 Å². The van der Waals surface area contributed by atoms with Gasteiger partial charge in [-0.3, -0.25) is 9.59 Å². The monoisotopic (exact) mass is 354 g/mol. The van der Waals surface area contributed by atoms with E-state index in [9.17, 15) is 14.0 Å². The molecule has 26 heavy (non-hydrogen) atoms. The number of rotatable bonds is 3. The van der Waals surface area contributed by atoms with E-state index in [0.717, 1.165) is 5.69 Å². The van der Waals surface area contributed by atoms with Gasteiger partial charge in [-0.05, 0) is 47.4 Å². The van der Waals surface area contributed by atoms with E-state index < -0.39 is 5.92 Å². The SMILES string of the molecule is CC(C)(C)c1ccc(NC(=O)[C@@H]2CC(=O)N(c3ccc(F)cc3)C2)cc1. The van der Waals surface area contributed by atoms with Crippen LogP contribution >= 0.6 is 0 Å². The summed E-state index contributed by atoms with van der Waals surface area (Å²) in [6.45, 7) is 6.70. The van der Waals surface area contributed by atoms with Gasteiger partial charge in [-0.15, -0.1) is 0 Å². The Morgan fingerprint density at radius 2 is 1.69 bits per heavy atom. The third-order valence-electron chi connectivity index (χ3n) is 4.65. The van der Waals surface area contributed by atoms with Crippen molar-refractivity contribution < 1.29 is 14.0 Å². The summed E-state index contributed by atoms with van der Waals surface area (Å²) in [5.41, 5.74) is 2.57. The molecule has 0 aromatic heterocycles. The Labute approximate surface area is 153 Å². The number of nitrogens with zero attached hydrogens (tertiary/aromatic N) is 1. The normalized spacial score (nSPS) is 17.5. The van der Waals surface area contributed by atoms with Crippen LogP contribution in [0.4, 0.5) is 15.8 Å². The fourth-order valence-electron chi connectivity index (χ4n) is 3.05.